The average Bonchev–Trinajstić information content (AvgIpc) is 2.75. The molecule has 0 aliphatic carbocycles. The van der Waals surface area contributed by atoms with Crippen molar-refractivity contribution >= 4 is 6.09 Å². The number of nitrogens with zero attached hydrogens (tertiary/aromatic N) is 3. The predicted octanol–water partition coefficient (Wildman–Crippen LogP) is 1.56. The molecule has 1 atom stereocenters. The summed E-state index contributed by atoms with van der Waals surface area (Å²) in [5.74, 6) is 0.0280. The zero-order valence-electron chi connectivity index (χ0n) is 9.58. The monoisotopic (exact) mass is 250 g/mol. The van der Waals surface area contributed by atoms with E-state index in [2.05, 4.69) is 10.1 Å². The summed E-state index contributed by atoms with van der Waals surface area (Å²) < 4.78 is 18.9. The van der Waals surface area contributed by atoms with Gasteiger partial charge < -0.3 is 10.5 Å². The van der Waals surface area contributed by atoms with Crippen LogP contribution in [-0.4, -0.2) is 20.9 Å². The van der Waals surface area contributed by atoms with Crippen molar-refractivity contribution in [3.8, 4) is 5.82 Å². The molecule has 0 fully saturated rings. The molecule has 0 saturated heterocycles. The topological polar surface area (TPSA) is 83.0 Å². The summed E-state index contributed by atoms with van der Waals surface area (Å²) >= 11 is 0. The third kappa shape index (κ3) is 2.62. The first kappa shape index (κ1) is 12.0. The Morgan fingerprint density at radius 2 is 2.28 bits per heavy atom. The molecule has 0 saturated carbocycles. The van der Waals surface area contributed by atoms with E-state index >= 15 is 0 Å². The zero-order valence-corrected chi connectivity index (χ0v) is 9.58. The SMILES string of the molecule is CC(OC(N)=O)c1ccc(-n2cc(F)cn2)nc1. The number of hydrogen-bond acceptors (Lipinski definition) is 4. The largest absolute Gasteiger partial charge is 0.442 e. The molecule has 0 radical (unpaired) electrons. The number of rotatable bonds is 3. The van der Waals surface area contributed by atoms with Crippen LogP contribution in [0.25, 0.3) is 5.82 Å². The molecule has 18 heavy (non-hydrogen) atoms. The molecule has 0 aliphatic rings. The Morgan fingerprint density at radius 1 is 1.50 bits per heavy atom. The second-order valence-electron chi connectivity index (χ2n) is 3.63. The smallest absolute Gasteiger partial charge is 0.405 e. The van der Waals surface area contributed by atoms with E-state index in [1.165, 1.54) is 17.1 Å². The summed E-state index contributed by atoms with van der Waals surface area (Å²) in [7, 11) is 0. The van der Waals surface area contributed by atoms with E-state index in [9.17, 15) is 9.18 Å². The van der Waals surface area contributed by atoms with Crippen LogP contribution in [-0.2, 0) is 4.74 Å². The summed E-state index contributed by atoms with van der Waals surface area (Å²) in [6.45, 7) is 1.68. The number of aromatic nitrogens is 3. The first-order valence-electron chi connectivity index (χ1n) is 5.19. The maximum absolute atomic E-state index is 12.8. The van der Waals surface area contributed by atoms with Gasteiger partial charge in [-0.3, -0.25) is 0 Å². The Kier molecular flexibility index (Phi) is 3.22. The minimum atomic E-state index is -0.847. The first-order valence-corrected chi connectivity index (χ1v) is 5.19. The Balaban J connectivity index is 2.17. The van der Waals surface area contributed by atoms with Gasteiger partial charge in [-0.05, 0) is 13.0 Å². The van der Waals surface area contributed by atoms with Gasteiger partial charge in [-0.15, -0.1) is 0 Å². The van der Waals surface area contributed by atoms with Crippen molar-refractivity contribution < 1.29 is 13.9 Å². The van der Waals surface area contributed by atoms with Gasteiger partial charge in [0.2, 0.25) is 0 Å². The van der Waals surface area contributed by atoms with E-state index in [0.29, 0.717) is 11.4 Å². The maximum Gasteiger partial charge on any atom is 0.405 e. The number of primary amides is 1. The fraction of sp³-hybridized carbons (Fsp3) is 0.182. The van der Waals surface area contributed by atoms with E-state index in [0.717, 1.165) is 6.20 Å². The molecule has 2 aromatic rings. The number of pyridine rings is 1. The fourth-order valence-corrected chi connectivity index (χ4v) is 1.44. The van der Waals surface area contributed by atoms with Crippen molar-refractivity contribution in [2.24, 2.45) is 5.73 Å². The van der Waals surface area contributed by atoms with Crippen LogP contribution in [0.15, 0.2) is 30.7 Å². The van der Waals surface area contributed by atoms with Crippen LogP contribution in [0.2, 0.25) is 0 Å². The highest BCUT2D eigenvalue weighted by molar-refractivity contribution is 5.64. The highest BCUT2D eigenvalue weighted by atomic mass is 19.1. The minimum absolute atomic E-state index is 0.439. The van der Waals surface area contributed by atoms with Gasteiger partial charge >= 0.3 is 6.09 Å². The number of halogens is 1. The van der Waals surface area contributed by atoms with Gasteiger partial charge in [0.05, 0.1) is 12.4 Å². The van der Waals surface area contributed by atoms with Crippen LogP contribution < -0.4 is 5.73 Å². The second-order valence-corrected chi connectivity index (χ2v) is 3.63. The van der Waals surface area contributed by atoms with Crippen molar-refractivity contribution in [2.45, 2.75) is 13.0 Å². The molecule has 0 bridgehead atoms. The molecule has 2 aromatic heterocycles. The van der Waals surface area contributed by atoms with Crippen molar-refractivity contribution in [3.63, 3.8) is 0 Å². The number of carbonyl (C=O) groups is 1. The lowest BCUT2D eigenvalue weighted by Gasteiger charge is -2.11. The van der Waals surface area contributed by atoms with Crippen LogP contribution in [0, 0.1) is 5.82 Å². The van der Waals surface area contributed by atoms with E-state index in [-0.39, 0.29) is 0 Å². The summed E-state index contributed by atoms with van der Waals surface area (Å²) in [6, 6.07) is 3.35. The van der Waals surface area contributed by atoms with Crippen molar-refractivity contribution in [2.75, 3.05) is 0 Å². The lowest BCUT2D eigenvalue weighted by Crippen LogP contribution is -2.15. The lowest BCUT2D eigenvalue weighted by molar-refractivity contribution is 0.116. The molecule has 1 unspecified atom stereocenters. The lowest BCUT2D eigenvalue weighted by atomic mass is 10.2. The Labute approximate surface area is 102 Å². The molecule has 0 aliphatic heterocycles. The molecule has 7 heteroatoms. The molecular weight excluding hydrogens is 239 g/mol. The molecule has 2 N–H and O–H groups in total. The Morgan fingerprint density at radius 3 is 2.78 bits per heavy atom. The fourth-order valence-electron chi connectivity index (χ4n) is 1.44. The molecule has 0 aromatic carbocycles. The molecule has 1 amide bonds. The predicted molar refractivity (Wildman–Crippen MR) is 60.4 cm³/mol. The molecule has 2 heterocycles. The third-order valence-corrected chi connectivity index (χ3v) is 2.32. The van der Waals surface area contributed by atoms with E-state index < -0.39 is 18.0 Å². The Bertz CT molecular complexity index is 552. The van der Waals surface area contributed by atoms with Crippen LogP contribution >= 0.6 is 0 Å². The maximum atomic E-state index is 12.8. The molecule has 6 nitrogen and oxygen atoms in total. The average molecular weight is 250 g/mol. The van der Waals surface area contributed by atoms with Crippen LogP contribution in [0.1, 0.15) is 18.6 Å². The minimum Gasteiger partial charge on any atom is -0.442 e. The highest BCUT2D eigenvalue weighted by Crippen LogP contribution is 2.16. The van der Waals surface area contributed by atoms with Gasteiger partial charge in [0, 0.05) is 11.8 Å². The Hall–Kier alpha value is -2.44. The van der Waals surface area contributed by atoms with Gasteiger partial charge in [-0.1, -0.05) is 6.07 Å². The first-order chi connectivity index (χ1) is 8.56. The third-order valence-electron chi connectivity index (χ3n) is 2.32. The quantitative estimate of drug-likeness (QED) is 0.896. The summed E-state index contributed by atoms with van der Waals surface area (Å²) in [5.41, 5.74) is 5.60. The van der Waals surface area contributed by atoms with Crippen LogP contribution in [0.5, 0.6) is 0 Å². The normalized spacial score (nSPS) is 12.1. The summed E-state index contributed by atoms with van der Waals surface area (Å²) in [4.78, 5) is 14.7. The molecule has 0 spiro atoms. The van der Waals surface area contributed by atoms with Crippen molar-refractivity contribution in [3.05, 3.63) is 42.1 Å². The number of hydrogen-bond donors (Lipinski definition) is 1. The van der Waals surface area contributed by atoms with E-state index in [1.807, 2.05) is 0 Å². The zero-order chi connectivity index (χ0) is 13.1. The number of ether oxygens (including phenoxy) is 1. The van der Waals surface area contributed by atoms with Crippen LogP contribution in [0.3, 0.4) is 0 Å². The molecule has 2 rings (SSSR count). The van der Waals surface area contributed by atoms with Crippen LogP contribution in [0.4, 0.5) is 9.18 Å². The standard InChI is InChI=1S/C11H11FN4O2/c1-7(18-11(13)17)8-2-3-10(14-4-8)16-6-9(12)5-15-16/h2-7H,1H3,(H2,13,17). The van der Waals surface area contributed by atoms with Gasteiger partial charge in [-0.2, -0.15) is 5.10 Å². The van der Waals surface area contributed by atoms with Gasteiger partial charge in [-0.25, -0.2) is 18.9 Å². The highest BCUT2D eigenvalue weighted by Gasteiger charge is 2.10. The molecular formula is C11H11FN4O2. The van der Waals surface area contributed by atoms with E-state index in [1.54, 1.807) is 19.1 Å². The van der Waals surface area contributed by atoms with Gasteiger partial charge in [0.15, 0.2) is 11.6 Å². The van der Waals surface area contributed by atoms with Gasteiger partial charge in [0.25, 0.3) is 0 Å². The summed E-state index contributed by atoms with van der Waals surface area (Å²) in [6.07, 6.45) is 2.49. The van der Waals surface area contributed by atoms with Crippen molar-refractivity contribution in [1.29, 1.82) is 0 Å². The number of nitrogens with two attached hydrogens (primary N) is 1. The molecule has 94 valence electrons. The number of amides is 1. The van der Waals surface area contributed by atoms with Crippen molar-refractivity contribution in [1.82, 2.24) is 14.8 Å². The van der Waals surface area contributed by atoms with E-state index in [4.69, 9.17) is 10.5 Å². The summed E-state index contributed by atoms with van der Waals surface area (Å²) in [5, 5.41) is 3.78. The second kappa shape index (κ2) is 4.82. The van der Waals surface area contributed by atoms with Gasteiger partial charge in [0.1, 0.15) is 6.10 Å². The number of carbonyl (C=O) groups excluding carboxylic acids is 1.